The van der Waals surface area contributed by atoms with Crippen LogP contribution in [0, 0.1) is 0 Å². The number of aliphatic hydroxyl groups excluding tert-OH is 1. The SMILES string of the molecule is BrC1CCCC1.CC=O.CO. The zero-order chi connectivity index (χ0) is 9.11. The molecule has 3 heteroatoms. The van der Waals surface area contributed by atoms with Crippen molar-refractivity contribution in [3.63, 3.8) is 0 Å². The van der Waals surface area contributed by atoms with E-state index in [1.54, 1.807) is 0 Å². The van der Waals surface area contributed by atoms with Gasteiger partial charge in [0, 0.05) is 11.9 Å². The summed E-state index contributed by atoms with van der Waals surface area (Å²) in [6.07, 6.45) is 6.44. The molecule has 0 radical (unpaired) electrons. The van der Waals surface area contributed by atoms with Crippen molar-refractivity contribution in [2.75, 3.05) is 7.11 Å². The standard InChI is InChI=1S/C5H9Br.C2H4O.CH4O/c6-5-3-1-2-4-5;1-2-3;1-2/h5H,1-4H2;2H,1H3;2H,1H3. The van der Waals surface area contributed by atoms with Crippen molar-refractivity contribution >= 4 is 22.2 Å². The minimum Gasteiger partial charge on any atom is -0.400 e. The van der Waals surface area contributed by atoms with E-state index in [0.717, 1.165) is 18.2 Å². The van der Waals surface area contributed by atoms with Gasteiger partial charge in [-0.25, -0.2) is 0 Å². The number of rotatable bonds is 0. The number of carbonyl (C=O) groups excluding carboxylic acids is 1. The van der Waals surface area contributed by atoms with Crippen molar-refractivity contribution < 1.29 is 9.90 Å². The summed E-state index contributed by atoms with van der Waals surface area (Å²) in [4.78, 5) is 9.66. The van der Waals surface area contributed by atoms with E-state index in [0.29, 0.717) is 0 Å². The Balaban J connectivity index is 0. The predicted octanol–water partition coefficient (Wildman–Crippen LogP) is 2.14. The Labute approximate surface area is 77.1 Å². The molecule has 1 rings (SSSR count). The second kappa shape index (κ2) is 12.8. The van der Waals surface area contributed by atoms with E-state index in [1.165, 1.54) is 32.6 Å². The van der Waals surface area contributed by atoms with Gasteiger partial charge in [-0.05, 0) is 19.8 Å². The van der Waals surface area contributed by atoms with Crippen molar-refractivity contribution in [1.82, 2.24) is 0 Å². The van der Waals surface area contributed by atoms with Crippen molar-refractivity contribution in [1.29, 1.82) is 0 Å². The van der Waals surface area contributed by atoms with Crippen molar-refractivity contribution in [2.24, 2.45) is 0 Å². The summed E-state index contributed by atoms with van der Waals surface area (Å²) in [5, 5.41) is 7.00. The molecule has 0 aromatic rings. The molecule has 11 heavy (non-hydrogen) atoms. The molecule has 0 saturated heterocycles. The summed E-state index contributed by atoms with van der Waals surface area (Å²) >= 11 is 3.54. The van der Waals surface area contributed by atoms with Crippen molar-refractivity contribution in [3.8, 4) is 0 Å². The molecule has 0 atom stereocenters. The van der Waals surface area contributed by atoms with Crippen LogP contribution in [0.2, 0.25) is 0 Å². The molecule has 0 bridgehead atoms. The highest BCUT2D eigenvalue weighted by atomic mass is 79.9. The average Bonchev–Trinajstić information content (AvgIpc) is 2.46. The highest BCUT2D eigenvalue weighted by Gasteiger charge is 2.09. The Morgan fingerprint density at radius 1 is 1.36 bits per heavy atom. The third-order valence-corrected chi connectivity index (χ3v) is 2.20. The van der Waals surface area contributed by atoms with Gasteiger partial charge in [0.05, 0.1) is 0 Å². The lowest BCUT2D eigenvalue weighted by molar-refractivity contribution is -0.106. The van der Waals surface area contributed by atoms with E-state index < -0.39 is 0 Å². The minimum atomic E-state index is 0.750. The first kappa shape index (κ1) is 13.7. The summed E-state index contributed by atoms with van der Waals surface area (Å²) in [7, 11) is 1.00. The molecule has 1 aliphatic carbocycles. The van der Waals surface area contributed by atoms with Crippen molar-refractivity contribution in [2.45, 2.75) is 37.4 Å². The van der Waals surface area contributed by atoms with E-state index in [-0.39, 0.29) is 0 Å². The number of aliphatic hydroxyl groups is 1. The van der Waals surface area contributed by atoms with E-state index in [1.807, 2.05) is 0 Å². The van der Waals surface area contributed by atoms with E-state index in [4.69, 9.17) is 9.90 Å². The first-order valence-electron chi connectivity index (χ1n) is 3.79. The molecule has 0 spiro atoms. The molecule has 0 heterocycles. The Morgan fingerprint density at radius 3 is 1.73 bits per heavy atom. The molecule has 1 aliphatic rings. The third-order valence-electron chi connectivity index (χ3n) is 1.28. The third kappa shape index (κ3) is 13.2. The fourth-order valence-corrected chi connectivity index (χ4v) is 1.52. The molecule has 0 amide bonds. The van der Waals surface area contributed by atoms with Crippen molar-refractivity contribution in [3.05, 3.63) is 0 Å². The van der Waals surface area contributed by atoms with E-state index >= 15 is 0 Å². The molecular weight excluding hydrogens is 208 g/mol. The molecule has 1 saturated carbocycles. The predicted molar refractivity (Wildman–Crippen MR) is 51.1 cm³/mol. The smallest absolute Gasteiger partial charge is 0.116 e. The van der Waals surface area contributed by atoms with Crippen LogP contribution in [0.25, 0.3) is 0 Å². The fourth-order valence-electron chi connectivity index (χ4n) is 0.876. The summed E-state index contributed by atoms with van der Waals surface area (Å²) in [6.45, 7) is 1.44. The zero-order valence-electron chi connectivity index (χ0n) is 7.22. The number of aldehydes is 1. The molecule has 1 N–H and O–H groups in total. The van der Waals surface area contributed by atoms with Gasteiger partial charge in [-0.2, -0.15) is 0 Å². The van der Waals surface area contributed by atoms with Crippen LogP contribution in [-0.2, 0) is 4.79 Å². The van der Waals surface area contributed by atoms with Gasteiger partial charge in [0.25, 0.3) is 0 Å². The van der Waals surface area contributed by atoms with Crippen LogP contribution in [0.5, 0.6) is 0 Å². The highest BCUT2D eigenvalue weighted by molar-refractivity contribution is 9.09. The van der Waals surface area contributed by atoms with Gasteiger partial charge in [0.2, 0.25) is 0 Å². The molecule has 2 nitrogen and oxygen atoms in total. The largest absolute Gasteiger partial charge is 0.400 e. The minimum absolute atomic E-state index is 0.750. The average molecular weight is 225 g/mol. The number of hydrogen-bond donors (Lipinski definition) is 1. The summed E-state index contributed by atoms with van der Waals surface area (Å²) in [5.74, 6) is 0. The van der Waals surface area contributed by atoms with Crippen LogP contribution in [0.1, 0.15) is 32.6 Å². The quantitative estimate of drug-likeness (QED) is 0.506. The highest BCUT2D eigenvalue weighted by Crippen LogP contribution is 2.23. The lowest BCUT2D eigenvalue weighted by atomic mass is 10.4. The van der Waals surface area contributed by atoms with Gasteiger partial charge in [0.15, 0.2) is 0 Å². The molecule has 0 unspecified atom stereocenters. The first-order chi connectivity index (χ1) is 5.31. The van der Waals surface area contributed by atoms with Crippen LogP contribution in [0.15, 0.2) is 0 Å². The number of halogens is 1. The second-order valence-corrected chi connectivity index (χ2v) is 3.41. The molecular formula is C8H17BrO2. The van der Waals surface area contributed by atoms with Gasteiger partial charge >= 0.3 is 0 Å². The van der Waals surface area contributed by atoms with Crippen LogP contribution in [0.4, 0.5) is 0 Å². The maximum Gasteiger partial charge on any atom is 0.116 e. The monoisotopic (exact) mass is 224 g/mol. The lowest BCUT2D eigenvalue weighted by Gasteiger charge is -1.88. The summed E-state index contributed by atoms with van der Waals surface area (Å²) < 4.78 is 0. The van der Waals surface area contributed by atoms with Gasteiger partial charge in [-0.3, -0.25) is 0 Å². The number of hydrogen-bond acceptors (Lipinski definition) is 2. The van der Waals surface area contributed by atoms with Gasteiger partial charge in [-0.1, -0.05) is 28.8 Å². The zero-order valence-corrected chi connectivity index (χ0v) is 8.80. The lowest BCUT2D eigenvalue weighted by Crippen LogP contribution is -1.81. The molecule has 1 fully saturated rings. The fraction of sp³-hybridized carbons (Fsp3) is 0.875. The normalized spacial score (nSPS) is 15.6. The second-order valence-electron chi connectivity index (χ2n) is 2.12. The van der Waals surface area contributed by atoms with Crippen LogP contribution < -0.4 is 0 Å². The van der Waals surface area contributed by atoms with E-state index in [2.05, 4.69) is 15.9 Å². The Kier molecular flexibility index (Phi) is 15.9. The molecule has 0 aromatic carbocycles. The van der Waals surface area contributed by atoms with Crippen LogP contribution in [-0.4, -0.2) is 23.3 Å². The first-order valence-corrected chi connectivity index (χ1v) is 4.71. The summed E-state index contributed by atoms with van der Waals surface area (Å²) in [6, 6.07) is 0. The van der Waals surface area contributed by atoms with E-state index in [9.17, 15) is 0 Å². The van der Waals surface area contributed by atoms with Gasteiger partial charge in [0.1, 0.15) is 6.29 Å². The number of carbonyl (C=O) groups is 1. The Hall–Kier alpha value is 0.110. The van der Waals surface area contributed by atoms with Crippen LogP contribution >= 0.6 is 15.9 Å². The molecule has 68 valence electrons. The topological polar surface area (TPSA) is 37.3 Å². The van der Waals surface area contributed by atoms with Gasteiger partial charge < -0.3 is 9.90 Å². The number of alkyl halides is 1. The molecule has 0 aromatic heterocycles. The maximum atomic E-state index is 8.81. The molecule has 0 aliphatic heterocycles. The Morgan fingerprint density at radius 2 is 1.64 bits per heavy atom. The maximum absolute atomic E-state index is 8.81. The van der Waals surface area contributed by atoms with Crippen LogP contribution in [0.3, 0.4) is 0 Å². The van der Waals surface area contributed by atoms with Gasteiger partial charge in [-0.15, -0.1) is 0 Å². The Bertz CT molecular complexity index is 70.5. The summed E-state index contributed by atoms with van der Waals surface area (Å²) in [5.41, 5.74) is 0.